The number of H-pyrrole nitrogens is 1. The lowest BCUT2D eigenvalue weighted by Crippen LogP contribution is -2.67. The minimum atomic E-state index is -3.03. The van der Waals surface area contributed by atoms with Crippen molar-refractivity contribution in [3.05, 3.63) is 93.8 Å². The topological polar surface area (TPSA) is 158 Å². The molecule has 4 N–H and O–H groups in total. The maximum Gasteiger partial charge on any atom is 0.339 e. The molecule has 0 saturated carbocycles. The number of urea groups is 1. The number of hydrogen-bond donors (Lipinski definition) is 3. The van der Waals surface area contributed by atoms with Crippen molar-refractivity contribution in [2.24, 2.45) is 5.73 Å². The number of amides is 2. The number of carbonyl (C=O) groups excluding carboxylic acids is 1. The Hall–Kier alpha value is -3.59. The molecule has 43 heavy (non-hydrogen) atoms. The van der Waals surface area contributed by atoms with Crippen LogP contribution in [0.4, 0.5) is 4.79 Å². The summed E-state index contributed by atoms with van der Waals surface area (Å²) in [5.41, 5.74) is 4.33. The van der Waals surface area contributed by atoms with Crippen LogP contribution in [-0.4, -0.2) is 71.8 Å². The van der Waals surface area contributed by atoms with Gasteiger partial charge in [0.05, 0.1) is 13.2 Å². The van der Waals surface area contributed by atoms with Crippen molar-refractivity contribution in [1.82, 2.24) is 14.6 Å². The van der Waals surface area contributed by atoms with Crippen molar-refractivity contribution in [2.45, 2.75) is 69.4 Å². The quantitative estimate of drug-likeness (QED) is 0.241. The van der Waals surface area contributed by atoms with Gasteiger partial charge in [-0.05, 0) is 21.8 Å². The first-order valence-electron chi connectivity index (χ1n) is 14.3. The van der Waals surface area contributed by atoms with E-state index in [-0.39, 0.29) is 11.6 Å². The fraction of sp³-hybridized carbons (Fsp3) is 0.433. The Morgan fingerprint density at radius 2 is 1.72 bits per heavy atom. The molecule has 2 aromatic carbocycles. The van der Waals surface area contributed by atoms with Gasteiger partial charge in [-0.1, -0.05) is 81.4 Å². The zero-order chi connectivity index (χ0) is 30.8. The van der Waals surface area contributed by atoms with E-state index in [9.17, 15) is 19.5 Å². The van der Waals surface area contributed by atoms with Crippen molar-refractivity contribution in [3.63, 3.8) is 0 Å². The van der Waals surface area contributed by atoms with Crippen LogP contribution < -0.4 is 27.4 Å². The molecule has 5 rings (SSSR count). The summed E-state index contributed by atoms with van der Waals surface area (Å²) in [6, 6.07) is 18.9. The van der Waals surface area contributed by atoms with Gasteiger partial charge in [-0.3, -0.25) is 14.3 Å². The van der Waals surface area contributed by atoms with Gasteiger partial charge < -0.3 is 24.7 Å². The number of carbonyl (C=O) groups is 1. The second-order valence-corrected chi connectivity index (χ2v) is 16.1. The molecule has 0 radical (unpaired) electrons. The summed E-state index contributed by atoms with van der Waals surface area (Å²) in [4.78, 5) is 45.4. The normalized spacial score (nSPS) is 24.2. The number of ether oxygens (including phenoxy) is 2. The Kier molecular flexibility index (Phi) is 9.01. The van der Waals surface area contributed by atoms with Crippen LogP contribution in [-0.2, 0) is 18.7 Å². The van der Waals surface area contributed by atoms with Crippen LogP contribution in [0.5, 0.6) is 0 Å². The molecule has 2 aliphatic heterocycles. The van der Waals surface area contributed by atoms with E-state index in [1.54, 1.807) is 0 Å². The number of aliphatic hydroxyl groups excluding tert-OH is 1. The van der Waals surface area contributed by atoms with E-state index in [1.807, 2.05) is 60.7 Å². The number of hydroxylamine groups is 2. The van der Waals surface area contributed by atoms with Gasteiger partial charge in [-0.2, -0.15) is 5.06 Å². The van der Waals surface area contributed by atoms with E-state index in [2.05, 4.69) is 25.8 Å². The van der Waals surface area contributed by atoms with Gasteiger partial charge in [-0.15, -0.1) is 0 Å². The lowest BCUT2D eigenvalue weighted by atomic mass is 10.1. The molecule has 13 heteroatoms. The Balaban J connectivity index is 1.53. The third kappa shape index (κ3) is 6.09. The maximum atomic E-state index is 12.9. The first kappa shape index (κ1) is 30.9. The molecular weight excluding hydrogens is 572 g/mol. The number of nitrogens with zero attached hydrogens (tertiary/aromatic N) is 2. The zero-order valence-corrected chi connectivity index (χ0v) is 25.4. The van der Waals surface area contributed by atoms with Crippen LogP contribution in [0.2, 0.25) is 5.04 Å². The predicted octanol–water partition coefficient (Wildman–Crippen LogP) is 1.19. The van der Waals surface area contributed by atoms with Crippen LogP contribution in [0.3, 0.4) is 0 Å². The zero-order valence-electron chi connectivity index (χ0n) is 24.4. The number of aliphatic hydroxyl groups is 1. The third-order valence-corrected chi connectivity index (χ3v) is 13.0. The summed E-state index contributed by atoms with van der Waals surface area (Å²) < 4.78 is 19.9. The summed E-state index contributed by atoms with van der Waals surface area (Å²) in [5.74, 6) is 0. The molecule has 5 atom stereocenters. The van der Waals surface area contributed by atoms with Gasteiger partial charge in [-0.25, -0.2) is 14.4 Å². The second kappa shape index (κ2) is 12.6. The number of rotatable bonds is 9. The smallest absolute Gasteiger partial charge is 0.339 e. The van der Waals surface area contributed by atoms with Gasteiger partial charge in [0, 0.05) is 18.7 Å². The van der Waals surface area contributed by atoms with Crippen LogP contribution in [0.25, 0.3) is 0 Å². The molecule has 2 aliphatic rings. The average Bonchev–Trinajstić information content (AvgIpc) is 3.60. The molecule has 0 aliphatic carbocycles. The van der Waals surface area contributed by atoms with Crippen LogP contribution in [0.15, 0.2) is 82.5 Å². The lowest BCUT2D eigenvalue weighted by molar-refractivity contribution is -0.266. The molecular formula is C30H38N4O8Si. The SMILES string of the molecule is CC(C)(C)[Si](OC[C@H]1O[C@@H](n2ccc(=O)[nH]c2=O)[C@H](N(OC2CCCO2)C(N)=O)[C@@H]1O)(c1ccccc1)c1ccccc1. The first-order chi connectivity index (χ1) is 20.5. The molecule has 0 bridgehead atoms. The summed E-state index contributed by atoms with van der Waals surface area (Å²) in [5, 5.41) is 14.2. The standard InChI is InChI=1S/C30H38N4O8Si/c1-30(2,3)43(20-11-6-4-7-12-20,21-13-8-5-9-14-21)40-19-22-26(36)25(34(28(31)37)42-24-15-10-18-39-24)27(41-22)33-17-16-23(35)32-29(33)38/h4-9,11-14,16-17,22,24-27,36H,10,15,18-19H2,1-3H3,(H2,31,37)(H,32,35,38)/t22-,24?,25-,26-,27-/m1/s1. The highest BCUT2D eigenvalue weighted by Crippen LogP contribution is 2.39. The van der Waals surface area contributed by atoms with Gasteiger partial charge in [0.15, 0.2) is 12.5 Å². The summed E-state index contributed by atoms with van der Waals surface area (Å²) in [7, 11) is -3.03. The number of aromatic nitrogens is 2. The fourth-order valence-electron chi connectivity index (χ4n) is 5.97. The predicted molar refractivity (Wildman–Crippen MR) is 160 cm³/mol. The molecule has 12 nitrogen and oxygen atoms in total. The van der Waals surface area contributed by atoms with Crippen molar-refractivity contribution in [2.75, 3.05) is 13.2 Å². The molecule has 2 saturated heterocycles. The van der Waals surface area contributed by atoms with Gasteiger partial charge in [0.2, 0.25) is 0 Å². The van der Waals surface area contributed by atoms with E-state index >= 15 is 0 Å². The lowest BCUT2D eigenvalue weighted by Gasteiger charge is -2.43. The molecule has 1 aromatic heterocycles. The van der Waals surface area contributed by atoms with Gasteiger partial charge >= 0.3 is 11.7 Å². The Labute approximate surface area is 250 Å². The molecule has 230 valence electrons. The number of hydrogen-bond acceptors (Lipinski definition) is 8. The number of primary amides is 1. The Bertz CT molecular complexity index is 1460. The van der Waals surface area contributed by atoms with Crippen molar-refractivity contribution >= 4 is 24.7 Å². The highest BCUT2D eigenvalue weighted by atomic mass is 28.4. The van der Waals surface area contributed by atoms with E-state index < -0.39 is 56.4 Å². The van der Waals surface area contributed by atoms with Gasteiger partial charge in [0.25, 0.3) is 13.9 Å². The summed E-state index contributed by atoms with van der Waals surface area (Å²) >= 11 is 0. The number of nitrogens with one attached hydrogen (secondary N) is 1. The van der Waals surface area contributed by atoms with E-state index in [0.29, 0.717) is 13.0 Å². The fourth-order valence-corrected chi connectivity index (χ4v) is 10.5. The van der Waals surface area contributed by atoms with Crippen LogP contribution in [0, 0.1) is 0 Å². The number of nitrogens with two attached hydrogens (primary N) is 1. The van der Waals surface area contributed by atoms with Crippen LogP contribution in [0.1, 0.15) is 39.8 Å². The molecule has 2 fully saturated rings. The van der Waals surface area contributed by atoms with Crippen LogP contribution >= 0.6 is 0 Å². The summed E-state index contributed by atoms with van der Waals surface area (Å²) in [6.07, 6.45) is -1.96. The molecule has 2 amide bonds. The number of aromatic amines is 1. The van der Waals surface area contributed by atoms with Crippen molar-refractivity contribution in [1.29, 1.82) is 0 Å². The van der Waals surface area contributed by atoms with Gasteiger partial charge in [0.1, 0.15) is 18.2 Å². The second-order valence-electron chi connectivity index (χ2n) is 11.7. The molecule has 0 spiro atoms. The monoisotopic (exact) mass is 610 g/mol. The largest absolute Gasteiger partial charge is 0.405 e. The first-order valence-corrected chi connectivity index (χ1v) is 16.2. The van der Waals surface area contributed by atoms with E-state index in [0.717, 1.165) is 32.5 Å². The number of benzene rings is 2. The van der Waals surface area contributed by atoms with E-state index in [1.165, 1.54) is 6.20 Å². The molecule has 1 unspecified atom stereocenters. The Morgan fingerprint density at radius 1 is 1.09 bits per heavy atom. The maximum absolute atomic E-state index is 12.9. The minimum absolute atomic E-state index is 0.0773. The van der Waals surface area contributed by atoms with Crippen molar-refractivity contribution in [3.8, 4) is 0 Å². The van der Waals surface area contributed by atoms with E-state index in [4.69, 9.17) is 24.5 Å². The molecule has 3 heterocycles. The highest BCUT2D eigenvalue weighted by molar-refractivity contribution is 6.99. The highest BCUT2D eigenvalue weighted by Gasteiger charge is 2.54. The Morgan fingerprint density at radius 3 is 2.23 bits per heavy atom. The summed E-state index contributed by atoms with van der Waals surface area (Å²) in [6.45, 7) is 6.74. The average molecular weight is 611 g/mol. The molecule has 3 aromatic rings. The van der Waals surface area contributed by atoms with Crippen molar-refractivity contribution < 1.29 is 28.6 Å². The minimum Gasteiger partial charge on any atom is -0.405 e. The third-order valence-electron chi connectivity index (χ3n) is 7.95.